The van der Waals surface area contributed by atoms with E-state index < -0.39 is 0 Å². The molecule has 0 heterocycles. The molecule has 7 nitrogen and oxygen atoms in total. The van der Waals surface area contributed by atoms with E-state index in [2.05, 4.69) is 16.0 Å². The highest BCUT2D eigenvalue weighted by molar-refractivity contribution is 5.95. The molecule has 0 bridgehead atoms. The quantitative estimate of drug-likeness (QED) is 0.505. The molecule has 0 atom stereocenters. The largest absolute Gasteiger partial charge is 0.491 e. The number of benzene rings is 2. The summed E-state index contributed by atoms with van der Waals surface area (Å²) in [7, 11) is 0. The van der Waals surface area contributed by atoms with Crippen LogP contribution in [-0.4, -0.2) is 44.2 Å². The van der Waals surface area contributed by atoms with Crippen LogP contribution in [-0.2, 0) is 9.53 Å². The number of ether oxygens (including phenoxy) is 2. The Hall–Kier alpha value is -3.06. The van der Waals surface area contributed by atoms with Crippen LogP contribution in [0.1, 0.15) is 31.1 Å². The highest BCUT2D eigenvalue weighted by atomic mass is 16.5. The van der Waals surface area contributed by atoms with Crippen molar-refractivity contribution in [2.24, 2.45) is 0 Å². The second-order valence-electron chi connectivity index (χ2n) is 6.68. The van der Waals surface area contributed by atoms with Gasteiger partial charge < -0.3 is 25.4 Å². The Balaban J connectivity index is 1.75. The predicted octanol–water partition coefficient (Wildman–Crippen LogP) is 3.29. The third kappa shape index (κ3) is 8.23. The van der Waals surface area contributed by atoms with E-state index in [-0.39, 0.29) is 24.4 Å². The molecule has 0 saturated heterocycles. The molecule has 0 aliphatic carbocycles. The van der Waals surface area contributed by atoms with Crippen molar-refractivity contribution in [1.29, 1.82) is 0 Å². The minimum Gasteiger partial charge on any atom is -0.491 e. The molecule has 0 fully saturated rings. The fourth-order valence-corrected chi connectivity index (χ4v) is 2.47. The summed E-state index contributed by atoms with van der Waals surface area (Å²) >= 11 is 0. The van der Waals surface area contributed by atoms with Crippen LogP contribution in [0.4, 0.5) is 11.4 Å². The highest BCUT2D eigenvalue weighted by Gasteiger charge is 2.07. The summed E-state index contributed by atoms with van der Waals surface area (Å²) in [5, 5.41) is 8.70. The van der Waals surface area contributed by atoms with E-state index >= 15 is 0 Å². The van der Waals surface area contributed by atoms with Crippen LogP contribution in [0.3, 0.4) is 0 Å². The molecule has 2 rings (SSSR count). The van der Waals surface area contributed by atoms with Crippen LogP contribution in [0.2, 0.25) is 0 Å². The molecule has 0 aliphatic rings. The number of anilines is 2. The minimum absolute atomic E-state index is 0.0831. The predicted molar refractivity (Wildman–Crippen MR) is 115 cm³/mol. The molecule has 2 aromatic rings. The van der Waals surface area contributed by atoms with Gasteiger partial charge in [-0.1, -0.05) is 0 Å². The number of amides is 2. The molecular formula is C22H29N3O4. The maximum atomic E-state index is 12.1. The Morgan fingerprint density at radius 2 is 1.59 bits per heavy atom. The number of carbonyl (C=O) groups is 2. The topological polar surface area (TPSA) is 88.7 Å². The van der Waals surface area contributed by atoms with Crippen LogP contribution >= 0.6 is 0 Å². The van der Waals surface area contributed by atoms with Gasteiger partial charge >= 0.3 is 0 Å². The molecule has 3 N–H and O–H groups in total. The van der Waals surface area contributed by atoms with Crippen molar-refractivity contribution in [3.05, 3.63) is 54.1 Å². The van der Waals surface area contributed by atoms with E-state index in [1.807, 2.05) is 20.8 Å². The van der Waals surface area contributed by atoms with Crippen LogP contribution in [0.5, 0.6) is 5.75 Å². The summed E-state index contributed by atoms with van der Waals surface area (Å²) in [5.41, 5.74) is 2.03. The molecule has 156 valence electrons. The van der Waals surface area contributed by atoms with Gasteiger partial charge in [0, 0.05) is 29.6 Å². The summed E-state index contributed by atoms with van der Waals surface area (Å²) in [6, 6.07) is 14.3. The average Bonchev–Trinajstić information content (AvgIpc) is 2.71. The maximum Gasteiger partial charge on any atom is 0.251 e. The van der Waals surface area contributed by atoms with Crippen molar-refractivity contribution in [3.8, 4) is 5.75 Å². The summed E-state index contributed by atoms with van der Waals surface area (Å²) in [5.74, 6) is 0.439. The van der Waals surface area contributed by atoms with Crippen LogP contribution < -0.4 is 20.7 Å². The molecule has 0 aliphatic heterocycles. The van der Waals surface area contributed by atoms with E-state index in [1.165, 1.54) is 0 Å². The van der Waals surface area contributed by atoms with Gasteiger partial charge in [-0.2, -0.15) is 0 Å². The molecule has 0 unspecified atom stereocenters. The monoisotopic (exact) mass is 399 g/mol. The van der Waals surface area contributed by atoms with E-state index in [0.29, 0.717) is 31.1 Å². The molecule has 0 aromatic heterocycles. The highest BCUT2D eigenvalue weighted by Crippen LogP contribution is 2.16. The van der Waals surface area contributed by atoms with Gasteiger partial charge in [0.2, 0.25) is 5.91 Å². The summed E-state index contributed by atoms with van der Waals surface area (Å²) < 4.78 is 10.8. The molecule has 2 aromatic carbocycles. The molecule has 0 spiro atoms. The normalized spacial score (nSPS) is 10.5. The number of rotatable bonds is 11. The summed E-state index contributed by atoms with van der Waals surface area (Å²) in [4.78, 5) is 24.1. The Morgan fingerprint density at radius 3 is 2.21 bits per heavy atom. The zero-order valence-electron chi connectivity index (χ0n) is 17.2. The van der Waals surface area contributed by atoms with E-state index in [1.54, 1.807) is 48.5 Å². The zero-order valence-corrected chi connectivity index (χ0v) is 17.2. The first-order valence-electron chi connectivity index (χ1n) is 9.73. The molecule has 2 amide bonds. The van der Waals surface area contributed by atoms with Gasteiger partial charge in [0.1, 0.15) is 12.4 Å². The Labute approximate surface area is 171 Å². The van der Waals surface area contributed by atoms with Crippen molar-refractivity contribution in [2.45, 2.75) is 26.8 Å². The van der Waals surface area contributed by atoms with Gasteiger partial charge in [-0.25, -0.2) is 0 Å². The number of carbonyl (C=O) groups excluding carboxylic acids is 2. The van der Waals surface area contributed by atoms with E-state index in [4.69, 9.17) is 9.47 Å². The van der Waals surface area contributed by atoms with Crippen LogP contribution in [0.25, 0.3) is 0 Å². The second-order valence-corrected chi connectivity index (χ2v) is 6.68. The lowest BCUT2D eigenvalue weighted by Crippen LogP contribution is -2.30. The summed E-state index contributed by atoms with van der Waals surface area (Å²) in [6.07, 6.45) is 0. The third-order valence-corrected chi connectivity index (χ3v) is 3.86. The zero-order chi connectivity index (χ0) is 21.1. The Morgan fingerprint density at radius 1 is 0.931 bits per heavy atom. The number of nitrogens with one attached hydrogen (secondary N) is 3. The maximum absolute atomic E-state index is 12.1. The van der Waals surface area contributed by atoms with Gasteiger partial charge in [-0.15, -0.1) is 0 Å². The van der Waals surface area contributed by atoms with Gasteiger partial charge in [0.25, 0.3) is 5.91 Å². The Bertz CT molecular complexity index is 774. The Kier molecular flexibility index (Phi) is 8.98. The lowest BCUT2D eigenvalue weighted by molar-refractivity contribution is -0.114. The minimum atomic E-state index is -0.170. The van der Waals surface area contributed by atoms with Crippen molar-refractivity contribution < 1.29 is 19.1 Å². The first kappa shape index (κ1) is 22.2. The van der Waals surface area contributed by atoms with Crippen molar-refractivity contribution in [1.82, 2.24) is 5.32 Å². The smallest absolute Gasteiger partial charge is 0.251 e. The number of hydrogen-bond donors (Lipinski definition) is 3. The molecule has 7 heteroatoms. The van der Waals surface area contributed by atoms with Crippen molar-refractivity contribution in [3.63, 3.8) is 0 Å². The summed E-state index contributed by atoms with van der Waals surface area (Å²) in [6.45, 7) is 7.58. The average molecular weight is 399 g/mol. The fourth-order valence-electron chi connectivity index (χ4n) is 2.47. The first-order valence-corrected chi connectivity index (χ1v) is 9.73. The first-order chi connectivity index (χ1) is 14.0. The van der Waals surface area contributed by atoms with E-state index in [0.717, 1.165) is 11.4 Å². The molecule has 0 saturated carbocycles. The molecule has 0 radical (unpaired) electrons. The molecule has 29 heavy (non-hydrogen) atoms. The SMILES string of the molecule is CCOCCOc1ccc(NC(=O)CNc2ccc(C(=O)NC(C)C)cc2)cc1. The van der Waals surface area contributed by atoms with Gasteiger partial charge in [-0.05, 0) is 69.3 Å². The van der Waals surface area contributed by atoms with Crippen molar-refractivity contribution in [2.75, 3.05) is 37.0 Å². The third-order valence-electron chi connectivity index (χ3n) is 3.86. The van der Waals surface area contributed by atoms with Crippen LogP contribution in [0.15, 0.2) is 48.5 Å². The molecular weight excluding hydrogens is 370 g/mol. The second kappa shape index (κ2) is 11.7. The van der Waals surface area contributed by atoms with Gasteiger partial charge in [-0.3, -0.25) is 9.59 Å². The van der Waals surface area contributed by atoms with Gasteiger partial charge in [0.15, 0.2) is 0 Å². The van der Waals surface area contributed by atoms with Crippen molar-refractivity contribution >= 4 is 23.2 Å². The lowest BCUT2D eigenvalue weighted by Gasteiger charge is -2.11. The lowest BCUT2D eigenvalue weighted by atomic mass is 10.2. The van der Waals surface area contributed by atoms with E-state index in [9.17, 15) is 9.59 Å². The van der Waals surface area contributed by atoms with Crippen LogP contribution in [0, 0.1) is 0 Å². The van der Waals surface area contributed by atoms with Gasteiger partial charge in [0.05, 0.1) is 13.2 Å². The fraction of sp³-hybridized carbons (Fsp3) is 0.364. The standard InChI is InChI=1S/C22H29N3O4/c1-4-28-13-14-29-20-11-9-19(10-12-20)25-21(26)15-23-18-7-5-17(6-8-18)22(27)24-16(2)3/h5-12,16,23H,4,13-15H2,1-3H3,(H,24,27)(H,25,26). The number of hydrogen-bond acceptors (Lipinski definition) is 5.